The summed E-state index contributed by atoms with van der Waals surface area (Å²) in [6.45, 7) is 8.17. The fraction of sp³-hybridized carbons (Fsp3) is 0.769. The van der Waals surface area contributed by atoms with E-state index in [4.69, 9.17) is 0 Å². The quantitative estimate of drug-likeness (QED) is 0.702. The van der Waals surface area contributed by atoms with Gasteiger partial charge in [0.2, 0.25) is 5.91 Å². The molecule has 4 amide bonds. The van der Waals surface area contributed by atoms with Crippen LogP contribution in [0.4, 0.5) is 4.79 Å². The SMILES string of the molecule is CCC1(CC)C(=O)NC(=O)N1CC(=O)NCC(C)C. The summed E-state index contributed by atoms with van der Waals surface area (Å²) in [4.78, 5) is 36.9. The number of imide groups is 1. The van der Waals surface area contributed by atoms with E-state index in [1.165, 1.54) is 4.90 Å². The number of nitrogens with one attached hydrogen (secondary N) is 2. The monoisotopic (exact) mass is 269 g/mol. The molecule has 0 spiro atoms. The molecule has 0 unspecified atom stereocenters. The van der Waals surface area contributed by atoms with Crippen LogP contribution in [0.5, 0.6) is 0 Å². The number of amides is 4. The standard InChI is InChI=1S/C13H23N3O3/c1-5-13(6-2)11(18)15-12(19)16(13)8-10(17)14-7-9(3)4/h9H,5-8H2,1-4H3,(H,14,17)(H,15,18,19). The summed E-state index contributed by atoms with van der Waals surface area (Å²) in [5.41, 5.74) is -0.883. The first-order valence-corrected chi connectivity index (χ1v) is 6.77. The number of rotatable bonds is 6. The van der Waals surface area contributed by atoms with E-state index in [9.17, 15) is 14.4 Å². The highest BCUT2D eigenvalue weighted by atomic mass is 16.2. The highest BCUT2D eigenvalue weighted by Gasteiger charge is 2.50. The summed E-state index contributed by atoms with van der Waals surface area (Å²) in [5.74, 6) is -0.191. The molecule has 0 aromatic carbocycles. The molecule has 1 aliphatic heterocycles. The van der Waals surface area contributed by atoms with Crippen molar-refractivity contribution in [2.45, 2.75) is 46.1 Å². The van der Waals surface area contributed by atoms with Crippen molar-refractivity contribution in [3.63, 3.8) is 0 Å². The van der Waals surface area contributed by atoms with Crippen LogP contribution in [-0.4, -0.2) is 41.4 Å². The van der Waals surface area contributed by atoms with E-state index in [0.717, 1.165) is 0 Å². The molecule has 19 heavy (non-hydrogen) atoms. The Morgan fingerprint density at radius 2 is 1.89 bits per heavy atom. The van der Waals surface area contributed by atoms with Gasteiger partial charge in [-0.2, -0.15) is 0 Å². The maximum Gasteiger partial charge on any atom is 0.325 e. The van der Waals surface area contributed by atoms with E-state index in [2.05, 4.69) is 10.6 Å². The van der Waals surface area contributed by atoms with Gasteiger partial charge in [0, 0.05) is 6.54 Å². The van der Waals surface area contributed by atoms with Crippen LogP contribution in [-0.2, 0) is 9.59 Å². The molecular weight excluding hydrogens is 246 g/mol. The lowest BCUT2D eigenvalue weighted by Gasteiger charge is -2.33. The molecule has 2 N–H and O–H groups in total. The molecule has 0 radical (unpaired) electrons. The van der Waals surface area contributed by atoms with Crippen molar-refractivity contribution in [1.82, 2.24) is 15.5 Å². The molecule has 0 saturated carbocycles. The number of hydrogen-bond acceptors (Lipinski definition) is 3. The molecule has 0 aromatic rings. The third-order valence-corrected chi connectivity index (χ3v) is 3.58. The smallest absolute Gasteiger partial charge is 0.325 e. The maximum absolute atomic E-state index is 11.9. The van der Waals surface area contributed by atoms with Gasteiger partial charge in [0.05, 0.1) is 0 Å². The van der Waals surface area contributed by atoms with Crippen molar-refractivity contribution in [1.29, 1.82) is 0 Å². The second kappa shape index (κ2) is 6.04. The van der Waals surface area contributed by atoms with Crippen molar-refractivity contribution in [3.8, 4) is 0 Å². The Morgan fingerprint density at radius 1 is 1.32 bits per heavy atom. The van der Waals surface area contributed by atoms with Crippen LogP contribution in [0.1, 0.15) is 40.5 Å². The van der Waals surface area contributed by atoms with Gasteiger partial charge in [-0.1, -0.05) is 27.7 Å². The van der Waals surface area contributed by atoms with E-state index in [-0.39, 0.29) is 18.4 Å². The summed E-state index contributed by atoms with van der Waals surface area (Å²) in [6, 6.07) is -0.478. The lowest BCUT2D eigenvalue weighted by Crippen LogP contribution is -2.52. The van der Waals surface area contributed by atoms with E-state index >= 15 is 0 Å². The zero-order valence-corrected chi connectivity index (χ0v) is 12.1. The second-order valence-corrected chi connectivity index (χ2v) is 5.28. The lowest BCUT2D eigenvalue weighted by molar-refractivity contribution is -0.129. The van der Waals surface area contributed by atoms with Crippen LogP contribution in [0.3, 0.4) is 0 Å². The van der Waals surface area contributed by atoms with Gasteiger partial charge in [0.1, 0.15) is 12.1 Å². The Bertz CT molecular complexity index is 375. The number of nitrogens with zero attached hydrogens (tertiary/aromatic N) is 1. The summed E-state index contributed by atoms with van der Waals surface area (Å²) < 4.78 is 0. The Hall–Kier alpha value is -1.59. The molecule has 1 rings (SSSR count). The van der Waals surface area contributed by atoms with Gasteiger partial charge < -0.3 is 10.2 Å². The highest BCUT2D eigenvalue weighted by molar-refractivity contribution is 6.08. The number of hydrogen-bond donors (Lipinski definition) is 2. The van der Waals surface area contributed by atoms with Gasteiger partial charge in [0.25, 0.3) is 5.91 Å². The molecule has 1 saturated heterocycles. The average molecular weight is 269 g/mol. The van der Waals surface area contributed by atoms with E-state index < -0.39 is 11.6 Å². The Morgan fingerprint density at radius 3 is 2.37 bits per heavy atom. The molecule has 6 nitrogen and oxygen atoms in total. The first-order valence-electron chi connectivity index (χ1n) is 6.77. The predicted molar refractivity (Wildman–Crippen MR) is 71.4 cm³/mol. The average Bonchev–Trinajstić information content (AvgIpc) is 2.59. The number of urea groups is 1. The normalized spacial score (nSPS) is 17.8. The largest absolute Gasteiger partial charge is 0.354 e. The molecule has 1 fully saturated rings. The molecular formula is C13H23N3O3. The third-order valence-electron chi connectivity index (χ3n) is 3.58. The summed E-state index contributed by atoms with van der Waals surface area (Å²) in [6.07, 6.45) is 0.997. The minimum atomic E-state index is -0.883. The minimum absolute atomic E-state index is 0.0774. The highest BCUT2D eigenvalue weighted by Crippen LogP contribution is 2.28. The topological polar surface area (TPSA) is 78.5 Å². The molecule has 0 aromatic heterocycles. The minimum Gasteiger partial charge on any atom is -0.354 e. The van der Waals surface area contributed by atoms with E-state index in [1.54, 1.807) is 0 Å². The summed E-state index contributed by atoms with van der Waals surface area (Å²) >= 11 is 0. The van der Waals surface area contributed by atoms with Crippen molar-refractivity contribution < 1.29 is 14.4 Å². The van der Waals surface area contributed by atoms with Gasteiger partial charge in [-0.3, -0.25) is 14.9 Å². The van der Waals surface area contributed by atoms with E-state index in [1.807, 2.05) is 27.7 Å². The van der Waals surface area contributed by atoms with Gasteiger partial charge in [0.15, 0.2) is 0 Å². The second-order valence-electron chi connectivity index (χ2n) is 5.28. The lowest BCUT2D eigenvalue weighted by atomic mass is 9.91. The van der Waals surface area contributed by atoms with Gasteiger partial charge in [-0.15, -0.1) is 0 Å². The molecule has 1 heterocycles. The van der Waals surface area contributed by atoms with Crippen molar-refractivity contribution in [2.75, 3.05) is 13.1 Å². The van der Waals surface area contributed by atoms with Gasteiger partial charge in [-0.05, 0) is 18.8 Å². The molecule has 108 valence electrons. The molecule has 1 aliphatic rings. The molecule has 6 heteroatoms. The maximum atomic E-state index is 11.9. The molecule has 0 bridgehead atoms. The van der Waals surface area contributed by atoms with Gasteiger partial charge in [-0.25, -0.2) is 4.79 Å². The fourth-order valence-corrected chi connectivity index (χ4v) is 2.29. The number of carbonyl (C=O) groups excluding carboxylic acids is 3. The van der Waals surface area contributed by atoms with Crippen LogP contribution in [0.25, 0.3) is 0 Å². The predicted octanol–water partition coefficient (Wildman–Crippen LogP) is 0.869. The number of carbonyl (C=O) groups is 3. The Labute approximate surface area is 113 Å². The van der Waals surface area contributed by atoms with Gasteiger partial charge >= 0.3 is 6.03 Å². The van der Waals surface area contributed by atoms with Crippen LogP contribution in [0.2, 0.25) is 0 Å². The van der Waals surface area contributed by atoms with Crippen LogP contribution >= 0.6 is 0 Å². The molecule has 0 atom stereocenters. The summed E-state index contributed by atoms with van der Waals surface area (Å²) in [5, 5.41) is 5.06. The Kier molecular flexibility index (Phi) is 4.91. The van der Waals surface area contributed by atoms with Crippen LogP contribution in [0, 0.1) is 5.92 Å². The van der Waals surface area contributed by atoms with E-state index in [0.29, 0.717) is 25.3 Å². The van der Waals surface area contributed by atoms with Crippen molar-refractivity contribution in [2.24, 2.45) is 5.92 Å². The first-order chi connectivity index (χ1) is 8.87. The van der Waals surface area contributed by atoms with Crippen molar-refractivity contribution in [3.05, 3.63) is 0 Å². The summed E-state index contributed by atoms with van der Waals surface area (Å²) in [7, 11) is 0. The first kappa shape index (κ1) is 15.5. The Balaban J connectivity index is 2.76. The third kappa shape index (κ3) is 3.05. The zero-order chi connectivity index (χ0) is 14.6. The van der Waals surface area contributed by atoms with Crippen LogP contribution in [0.15, 0.2) is 0 Å². The fourth-order valence-electron chi connectivity index (χ4n) is 2.29. The molecule has 0 aliphatic carbocycles. The van der Waals surface area contributed by atoms with Crippen molar-refractivity contribution >= 4 is 17.8 Å². The van der Waals surface area contributed by atoms with Crippen LogP contribution < -0.4 is 10.6 Å². The zero-order valence-electron chi connectivity index (χ0n) is 12.1.